The van der Waals surface area contributed by atoms with Gasteiger partial charge in [-0.15, -0.1) is 0 Å². The SMILES string of the molecule is O=C(O)C1CCn2c(-c3cccc(O)c3)nc(Cl)c2C1. The summed E-state index contributed by atoms with van der Waals surface area (Å²) < 4.78 is 1.94. The summed E-state index contributed by atoms with van der Waals surface area (Å²) in [5, 5.41) is 19.0. The Balaban J connectivity index is 2.04. The first-order chi connectivity index (χ1) is 9.56. The first-order valence-electron chi connectivity index (χ1n) is 6.33. The zero-order valence-electron chi connectivity index (χ0n) is 10.6. The molecular formula is C14H13ClN2O3. The minimum Gasteiger partial charge on any atom is -0.508 e. The molecule has 0 saturated carbocycles. The van der Waals surface area contributed by atoms with E-state index in [1.165, 1.54) is 0 Å². The number of carbonyl (C=O) groups is 1. The first kappa shape index (κ1) is 13.0. The standard InChI is InChI=1S/C14H13ClN2O3/c15-12-11-7-9(14(19)20)4-5-17(11)13(16-12)8-2-1-3-10(18)6-8/h1-3,6,9,18H,4-5,7H2,(H,19,20). The van der Waals surface area contributed by atoms with Crippen LogP contribution < -0.4 is 0 Å². The van der Waals surface area contributed by atoms with Crippen molar-refractivity contribution in [3.8, 4) is 17.1 Å². The Kier molecular flexibility index (Phi) is 3.14. The Morgan fingerprint density at radius 2 is 2.25 bits per heavy atom. The molecule has 2 aromatic rings. The lowest BCUT2D eigenvalue weighted by Crippen LogP contribution is -2.25. The van der Waals surface area contributed by atoms with E-state index < -0.39 is 11.9 Å². The predicted octanol–water partition coefficient (Wildman–Crippen LogP) is 2.56. The number of carboxylic acids is 1. The third kappa shape index (κ3) is 2.14. The van der Waals surface area contributed by atoms with Gasteiger partial charge >= 0.3 is 5.97 Å². The highest BCUT2D eigenvalue weighted by Gasteiger charge is 2.29. The molecule has 0 bridgehead atoms. The highest BCUT2D eigenvalue weighted by atomic mass is 35.5. The van der Waals surface area contributed by atoms with Crippen LogP contribution in [0.1, 0.15) is 12.1 Å². The lowest BCUT2D eigenvalue weighted by molar-refractivity contribution is -0.142. The molecule has 20 heavy (non-hydrogen) atoms. The zero-order chi connectivity index (χ0) is 14.3. The van der Waals surface area contributed by atoms with Crippen LogP contribution in [0.5, 0.6) is 5.75 Å². The molecule has 104 valence electrons. The lowest BCUT2D eigenvalue weighted by atomic mass is 9.96. The van der Waals surface area contributed by atoms with Crippen molar-refractivity contribution in [2.75, 3.05) is 0 Å². The van der Waals surface area contributed by atoms with Crippen molar-refractivity contribution in [2.24, 2.45) is 5.92 Å². The number of nitrogens with zero attached hydrogens (tertiary/aromatic N) is 2. The highest BCUT2D eigenvalue weighted by Crippen LogP contribution is 2.33. The number of aromatic hydroxyl groups is 1. The number of hydrogen-bond donors (Lipinski definition) is 2. The van der Waals surface area contributed by atoms with Crippen molar-refractivity contribution in [1.29, 1.82) is 0 Å². The molecule has 6 heteroatoms. The Bertz CT molecular complexity index is 681. The number of halogens is 1. The first-order valence-corrected chi connectivity index (χ1v) is 6.71. The second-order valence-electron chi connectivity index (χ2n) is 4.90. The van der Waals surface area contributed by atoms with Gasteiger partial charge < -0.3 is 14.8 Å². The van der Waals surface area contributed by atoms with Gasteiger partial charge in [0.2, 0.25) is 0 Å². The Hall–Kier alpha value is -2.01. The molecule has 3 rings (SSSR count). The van der Waals surface area contributed by atoms with Crippen LogP contribution in [0.25, 0.3) is 11.4 Å². The predicted molar refractivity (Wildman–Crippen MR) is 73.8 cm³/mol. The lowest BCUT2D eigenvalue weighted by Gasteiger charge is -2.22. The van der Waals surface area contributed by atoms with Crippen LogP contribution in [0.15, 0.2) is 24.3 Å². The Morgan fingerprint density at radius 1 is 1.45 bits per heavy atom. The van der Waals surface area contributed by atoms with Crippen LogP contribution in [-0.2, 0) is 17.8 Å². The number of carboxylic acid groups (broad SMARTS) is 1. The van der Waals surface area contributed by atoms with E-state index in [4.69, 9.17) is 16.7 Å². The van der Waals surface area contributed by atoms with E-state index in [1.54, 1.807) is 18.2 Å². The van der Waals surface area contributed by atoms with Crippen LogP contribution in [0, 0.1) is 5.92 Å². The van der Waals surface area contributed by atoms with Crippen LogP contribution in [0.3, 0.4) is 0 Å². The van der Waals surface area contributed by atoms with Gasteiger partial charge in [0.25, 0.3) is 0 Å². The van der Waals surface area contributed by atoms with E-state index in [9.17, 15) is 9.90 Å². The third-order valence-electron chi connectivity index (χ3n) is 3.62. The third-order valence-corrected chi connectivity index (χ3v) is 3.92. The number of imidazole rings is 1. The molecule has 0 aliphatic carbocycles. The summed E-state index contributed by atoms with van der Waals surface area (Å²) in [5.41, 5.74) is 1.52. The molecule has 1 aromatic heterocycles. The molecule has 1 unspecified atom stereocenters. The quantitative estimate of drug-likeness (QED) is 0.892. The second-order valence-corrected chi connectivity index (χ2v) is 5.26. The summed E-state index contributed by atoms with van der Waals surface area (Å²) in [7, 11) is 0. The summed E-state index contributed by atoms with van der Waals surface area (Å²) in [6, 6.07) is 6.79. The molecule has 0 fully saturated rings. The van der Waals surface area contributed by atoms with E-state index >= 15 is 0 Å². The van der Waals surface area contributed by atoms with Gasteiger partial charge in [0.15, 0.2) is 5.15 Å². The Morgan fingerprint density at radius 3 is 2.95 bits per heavy atom. The van der Waals surface area contributed by atoms with Crippen molar-refractivity contribution >= 4 is 17.6 Å². The van der Waals surface area contributed by atoms with Gasteiger partial charge in [-0.1, -0.05) is 23.7 Å². The van der Waals surface area contributed by atoms with Crippen LogP contribution in [0.4, 0.5) is 0 Å². The van der Waals surface area contributed by atoms with E-state index in [0.717, 1.165) is 11.3 Å². The molecule has 0 amide bonds. The summed E-state index contributed by atoms with van der Waals surface area (Å²) in [6.45, 7) is 0.566. The van der Waals surface area contributed by atoms with E-state index in [0.29, 0.717) is 30.4 Å². The van der Waals surface area contributed by atoms with Crippen molar-refractivity contribution in [3.63, 3.8) is 0 Å². The number of hydrogen-bond acceptors (Lipinski definition) is 3. The molecule has 2 N–H and O–H groups in total. The van der Waals surface area contributed by atoms with E-state index in [2.05, 4.69) is 4.98 Å². The molecule has 1 aliphatic heterocycles. The monoisotopic (exact) mass is 292 g/mol. The van der Waals surface area contributed by atoms with Crippen LogP contribution >= 0.6 is 11.6 Å². The molecule has 1 aliphatic rings. The summed E-state index contributed by atoms with van der Waals surface area (Å²) in [4.78, 5) is 15.4. The second kappa shape index (κ2) is 4.83. The Labute approximate surface area is 120 Å². The smallest absolute Gasteiger partial charge is 0.306 e. The normalized spacial score (nSPS) is 17.8. The van der Waals surface area contributed by atoms with Crippen LogP contribution in [0.2, 0.25) is 5.15 Å². The molecule has 0 radical (unpaired) electrons. The zero-order valence-corrected chi connectivity index (χ0v) is 11.3. The van der Waals surface area contributed by atoms with Gasteiger partial charge in [0.1, 0.15) is 11.6 Å². The molecular weight excluding hydrogens is 280 g/mol. The van der Waals surface area contributed by atoms with Gasteiger partial charge in [-0.2, -0.15) is 0 Å². The van der Waals surface area contributed by atoms with Crippen molar-refractivity contribution < 1.29 is 15.0 Å². The van der Waals surface area contributed by atoms with E-state index in [-0.39, 0.29) is 5.75 Å². The van der Waals surface area contributed by atoms with Gasteiger partial charge in [-0.3, -0.25) is 4.79 Å². The minimum absolute atomic E-state index is 0.162. The topological polar surface area (TPSA) is 75.3 Å². The summed E-state index contributed by atoms with van der Waals surface area (Å²) in [6.07, 6.45) is 0.945. The maximum atomic E-state index is 11.1. The molecule has 1 atom stereocenters. The number of phenolic OH excluding ortho intramolecular Hbond substituents is 1. The highest BCUT2D eigenvalue weighted by molar-refractivity contribution is 6.30. The van der Waals surface area contributed by atoms with Crippen LogP contribution in [-0.4, -0.2) is 25.7 Å². The van der Waals surface area contributed by atoms with Gasteiger partial charge in [-0.05, 0) is 18.6 Å². The summed E-state index contributed by atoms with van der Waals surface area (Å²) >= 11 is 6.14. The largest absolute Gasteiger partial charge is 0.508 e. The molecule has 2 heterocycles. The van der Waals surface area contributed by atoms with Crippen molar-refractivity contribution in [3.05, 3.63) is 35.1 Å². The molecule has 5 nitrogen and oxygen atoms in total. The molecule has 0 spiro atoms. The number of rotatable bonds is 2. The average molecular weight is 293 g/mol. The summed E-state index contributed by atoms with van der Waals surface area (Å²) in [5.74, 6) is -0.374. The fourth-order valence-corrected chi connectivity index (χ4v) is 2.85. The fourth-order valence-electron chi connectivity index (χ4n) is 2.59. The number of aliphatic carboxylic acids is 1. The number of phenols is 1. The average Bonchev–Trinajstić information content (AvgIpc) is 2.76. The number of benzene rings is 1. The number of aromatic nitrogens is 2. The van der Waals surface area contributed by atoms with Crippen molar-refractivity contribution in [1.82, 2.24) is 9.55 Å². The van der Waals surface area contributed by atoms with Gasteiger partial charge in [0.05, 0.1) is 11.6 Å². The fraction of sp³-hybridized carbons (Fsp3) is 0.286. The van der Waals surface area contributed by atoms with Gasteiger partial charge in [-0.25, -0.2) is 4.98 Å². The van der Waals surface area contributed by atoms with E-state index in [1.807, 2.05) is 10.6 Å². The number of fused-ring (bicyclic) bond motifs is 1. The van der Waals surface area contributed by atoms with Crippen molar-refractivity contribution in [2.45, 2.75) is 19.4 Å². The maximum Gasteiger partial charge on any atom is 0.306 e. The van der Waals surface area contributed by atoms with Gasteiger partial charge in [0, 0.05) is 18.5 Å². The maximum absolute atomic E-state index is 11.1. The molecule has 0 saturated heterocycles. The molecule has 1 aromatic carbocycles. The minimum atomic E-state index is -0.799.